The number of amides is 1. The van der Waals surface area contributed by atoms with Gasteiger partial charge in [-0.25, -0.2) is 0 Å². The highest BCUT2D eigenvalue weighted by Gasteiger charge is 2.45. The zero-order valence-corrected chi connectivity index (χ0v) is 17.5. The lowest BCUT2D eigenvalue weighted by atomic mass is 9.96. The van der Waals surface area contributed by atoms with Gasteiger partial charge in [0.25, 0.3) is 0 Å². The summed E-state index contributed by atoms with van der Waals surface area (Å²) in [4.78, 5) is 20.4. The van der Waals surface area contributed by atoms with Gasteiger partial charge >= 0.3 is 0 Å². The molecule has 0 unspecified atom stereocenters. The van der Waals surface area contributed by atoms with Crippen molar-refractivity contribution in [3.05, 3.63) is 29.8 Å². The minimum Gasteiger partial charge on any atom is -0.342 e. The molecule has 1 aromatic rings. The lowest BCUT2D eigenvalue weighted by Gasteiger charge is -2.31. The van der Waals surface area contributed by atoms with Crippen LogP contribution in [-0.2, 0) is 11.3 Å². The van der Waals surface area contributed by atoms with Crippen LogP contribution in [0.3, 0.4) is 0 Å². The summed E-state index contributed by atoms with van der Waals surface area (Å²) in [5.41, 5.74) is 2.19. The number of carbonyl (C=O) groups is 1. The summed E-state index contributed by atoms with van der Waals surface area (Å²) >= 11 is 0. The Morgan fingerprint density at radius 1 is 1.10 bits per heavy atom. The second kappa shape index (κ2) is 8.10. The number of hydrogen-bond donors (Lipinski definition) is 2. The molecule has 5 heteroatoms. The number of amidine groups is 1. The number of carbonyl (C=O) groups excluding carboxylic acids is 1. The van der Waals surface area contributed by atoms with E-state index in [2.05, 4.69) is 39.8 Å². The molecule has 5 rings (SSSR count). The van der Waals surface area contributed by atoms with Crippen LogP contribution in [0.25, 0.3) is 0 Å². The van der Waals surface area contributed by atoms with Crippen LogP contribution in [0.2, 0.25) is 0 Å². The van der Waals surface area contributed by atoms with Gasteiger partial charge in [-0.2, -0.15) is 0 Å². The molecule has 0 bridgehead atoms. The molecule has 1 amide bonds. The second-order valence-corrected chi connectivity index (χ2v) is 9.55. The van der Waals surface area contributed by atoms with Gasteiger partial charge in [0.15, 0.2) is 0 Å². The second-order valence-electron chi connectivity index (χ2n) is 9.55. The molecule has 3 fully saturated rings. The molecule has 1 atom stereocenters. The Morgan fingerprint density at radius 3 is 2.69 bits per heavy atom. The fourth-order valence-corrected chi connectivity index (χ4v) is 5.71. The Bertz CT molecular complexity index is 779. The molecule has 2 aliphatic heterocycles. The number of fused-ring (bicyclic) bond motifs is 1. The minimum absolute atomic E-state index is 0.243. The van der Waals surface area contributed by atoms with E-state index in [9.17, 15) is 4.79 Å². The number of likely N-dealkylation sites (tertiary alicyclic amines) is 1. The van der Waals surface area contributed by atoms with E-state index in [1.54, 1.807) is 0 Å². The van der Waals surface area contributed by atoms with Crippen molar-refractivity contribution in [3.8, 4) is 0 Å². The summed E-state index contributed by atoms with van der Waals surface area (Å²) < 4.78 is 0. The summed E-state index contributed by atoms with van der Waals surface area (Å²) in [5, 5.41) is 7.53. The fraction of sp³-hybridized carbons (Fsp3) is 0.667. The number of para-hydroxylation sites is 1. The number of aliphatic imine (C=N–C) groups is 1. The molecule has 156 valence electrons. The molecule has 0 radical (unpaired) electrons. The van der Waals surface area contributed by atoms with Crippen LogP contribution in [0.5, 0.6) is 0 Å². The summed E-state index contributed by atoms with van der Waals surface area (Å²) in [7, 11) is 0. The fourth-order valence-electron chi connectivity index (χ4n) is 5.71. The third kappa shape index (κ3) is 3.94. The summed E-state index contributed by atoms with van der Waals surface area (Å²) in [6.07, 6.45) is 11.7. The number of rotatable bonds is 3. The van der Waals surface area contributed by atoms with E-state index in [-0.39, 0.29) is 5.54 Å². The number of benzene rings is 1. The largest absolute Gasteiger partial charge is 0.342 e. The van der Waals surface area contributed by atoms with Crippen molar-refractivity contribution in [2.75, 3.05) is 18.4 Å². The Hall–Kier alpha value is -1.88. The first kappa shape index (κ1) is 19.1. The average Bonchev–Trinajstić information content (AvgIpc) is 3.47. The van der Waals surface area contributed by atoms with Gasteiger partial charge in [0.1, 0.15) is 5.84 Å². The molecule has 4 aliphatic rings. The van der Waals surface area contributed by atoms with E-state index in [4.69, 9.17) is 4.99 Å². The summed E-state index contributed by atoms with van der Waals surface area (Å²) in [5.74, 6) is 2.01. The highest BCUT2D eigenvalue weighted by Crippen LogP contribution is 2.33. The number of anilines is 1. The maximum absolute atomic E-state index is 13.0. The highest BCUT2D eigenvalue weighted by molar-refractivity contribution is 6.04. The SMILES string of the molecule is O=C(CC1CCCC1)N1CC[C@]2(C1)NCc1ccccc1NC2=NC1CCCC1. The Kier molecular flexibility index (Phi) is 5.33. The molecule has 29 heavy (non-hydrogen) atoms. The first-order chi connectivity index (χ1) is 14.2. The Morgan fingerprint density at radius 2 is 1.86 bits per heavy atom. The highest BCUT2D eigenvalue weighted by atomic mass is 16.2. The van der Waals surface area contributed by atoms with E-state index >= 15 is 0 Å². The van der Waals surface area contributed by atoms with Crippen molar-refractivity contribution in [1.82, 2.24) is 10.2 Å². The first-order valence-corrected chi connectivity index (χ1v) is 11.7. The van der Waals surface area contributed by atoms with Gasteiger partial charge in [-0.05, 0) is 49.7 Å². The maximum Gasteiger partial charge on any atom is 0.222 e. The smallest absolute Gasteiger partial charge is 0.222 e. The molecule has 2 aliphatic carbocycles. The normalized spacial score (nSPS) is 29.4. The van der Waals surface area contributed by atoms with Crippen LogP contribution < -0.4 is 10.6 Å². The molecule has 2 saturated carbocycles. The standard InChI is InChI=1S/C24H34N4O/c29-22(15-18-7-1-2-8-18)28-14-13-24(17-28)23(26-20-10-4-5-11-20)27-21-12-6-3-9-19(21)16-25-24/h3,6,9,12,18,20,25H,1-2,4-5,7-8,10-11,13-17H2,(H,26,27)/t24-/m1/s1. The van der Waals surface area contributed by atoms with Gasteiger partial charge in [0.05, 0.1) is 11.6 Å². The van der Waals surface area contributed by atoms with Crippen LogP contribution in [0, 0.1) is 5.92 Å². The van der Waals surface area contributed by atoms with Crippen LogP contribution in [0.1, 0.15) is 69.8 Å². The molecule has 2 heterocycles. The topological polar surface area (TPSA) is 56.7 Å². The predicted molar refractivity (Wildman–Crippen MR) is 117 cm³/mol. The lowest BCUT2D eigenvalue weighted by molar-refractivity contribution is -0.131. The van der Waals surface area contributed by atoms with Gasteiger partial charge in [0, 0.05) is 31.7 Å². The van der Waals surface area contributed by atoms with E-state index in [1.807, 2.05) is 0 Å². The van der Waals surface area contributed by atoms with E-state index in [0.717, 1.165) is 44.0 Å². The van der Waals surface area contributed by atoms with Crippen LogP contribution in [-0.4, -0.2) is 41.3 Å². The number of nitrogens with one attached hydrogen (secondary N) is 2. The van der Waals surface area contributed by atoms with Crippen LogP contribution in [0.4, 0.5) is 5.69 Å². The van der Waals surface area contributed by atoms with Crippen molar-refractivity contribution < 1.29 is 4.79 Å². The van der Waals surface area contributed by atoms with Gasteiger partial charge in [-0.3, -0.25) is 15.1 Å². The molecule has 1 saturated heterocycles. The summed E-state index contributed by atoms with van der Waals surface area (Å²) in [6, 6.07) is 8.94. The number of hydrogen-bond acceptors (Lipinski definition) is 3. The van der Waals surface area contributed by atoms with Crippen molar-refractivity contribution >= 4 is 17.4 Å². The van der Waals surface area contributed by atoms with Gasteiger partial charge in [-0.1, -0.05) is 43.9 Å². The summed E-state index contributed by atoms with van der Waals surface area (Å²) in [6.45, 7) is 2.39. The third-order valence-corrected chi connectivity index (χ3v) is 7.54. The van der Waals surface area contributed by atoms with Crippen molar-refractivity contribution in [2.45, 2.75) is 82.3 Å². The maximum atomic E-state index is 13.0. The van der Waals surface area contributed by atoms with Gasteiger partial charge in [-0.15, -0.1) is 0 Å². The van der Waals surface area contributed by atoms with Crippen molar-refractivity contribution in [2.24, 2.45) is 10.9 Å². The monoisotopic (exact) mass is 394 g/mol. The zero-order chi connectivity index (χ0) is 19.7. The third-order valence-electron chi connectivity index (χ3n) is 7.54. The van der Waals surface area contributed by atoms with Crippen molar-refractivity contribution in [3.63, 3.8) is 0 Å². The molecule has 1 aromatic carbocycles. The average molecular weight is 395 g/mol. The zero-order valence-electron chi connectivity index (χ0n) is 17.5. The van der Waals surface area contributed by atoms with E-state index in [1.165, 1.54) is 56.9 Å². The quantitative estimate of drug-likeness (QED) is 0.812. The van der Waals surface area contributed by atoms with Crippen LogP contribution in [0.15, 0.2) is 29.3 Å². The Labute approximate surface area is 174 Å². The molecule has 2 N–H and O–H groups in total. The van der Waals surface area contributed by atoms with Gasteiger partial charge < -0.3 is 10.2 Å². The number of nitrogens with zero attached hydrogens (tertiary/aromatic N) is 2. The molecule has 1 spiro atoms. The van der Waals surface area contributed by atoms with Crippen LogP contribution >= 0.6 is 0 Å². The molecular weight excluding hydrogens is 360 g/mol. The predicted octanol–water partition coefficient (Wildman–Crippen LogP) is 4.09. The lowest BCUT2D eigenvalue weighted by Crippen LogP contribution is -2.55. The molecular formula is C24H34N4O. The molecule has 5 nitrogen and oxygen atoms in total. The van der Waals surface area contributed by atoms with E-state index < -0.39 is 0 Å². The minimum atomic E-state index is -0.243. The van der Waals surface area contributed by atoms with Gasteiger partial charge in [0.2, 0.25) is 5.91 Å². The molecule has 0 aromatic heterocycles. The van der Waals surface area contributed by atoms with E-state index in [0.29, 0.717) is 17.9 Å². The Balaban J connectivity index is 1.38. The first-order valence-electron chi connectivity index (χ1n) is 11.7. The van der Waals surface area contributed by atoms with Crippen molar-refractivity contribution in [1.29, 1.82) is 0 Å².